The van der Waals surface area contributed by atoms with Crippen molar-refractivity contribution in [3.05, 3.63) is 29.8 Å². The van der Waals surface area contributed by atoms with Gasteiger partial charge in [0.05, 0.1) is 23.6 Å². The molecule has 0 spiro atoms. The minimum atomic E-state index is -0.134. The van der Waals surface area contributed by atoms with E-state index in [9.17, 15) is 4.79 Å². The molecule has 0 radical (unpaired) electrons. The molecule has 3 rings (SSSR count). The molecular formula is C16H20N2O2S. The van der Waals surface area contributed by atoms with E-state index < -0.39 is 0 Å². The molecule has 5 heteroatoms. The lowest BCUT2D eigenvalue weighted by molar-refractivity contribution is -0.135. The van der Waals surface area contributed by atoms with Gasteiger partial charge in [-0.2, -0.15) is 0 Å². The first-order valence-corrected chi connectivity index (χ1v) is 7.91. The fourth-order valence-corrected chi connectivity index (χ4v) is 3.53. The average molecular weight is 304 g/mol. The largest absolute Gasteiger partial charge is 0.493 e. The molecule has 2 heterocycles. The lowest BCUT2D eigenvalue weighted by Crippen LogP contribution is -2.51. The van der Waals surface area contributed by atoms with Gasteiger partial charge in [0.15, 0.2) is 0 Å². The predicted octanol–water partition coefficient (Wildman–Crippen LogP) is 2.22. The number of likely N-dealkylation sites (tertiary alicyclic amines) is 1. The zero-order chi connectivity index (χ0) is 14.8. The van der Waals surface area contributed by atoms with E-state index in [-0.39, 0.29) is 17.9 Å². The number of fused-ring (bicyclic) bond motifs is 1. The lowest BCUT2D eigenvalue weighted by Gasteiger charge is -2.38. The molecule has 112 valence electrons. The Morgan fingerprint density at radius 1 is 1.29 bits per heavy atom. The molecule has 1 aromatic carbocycles. The van der Waals surface area contributed by atoms with Crippen LogP contribution in [-0.2, 0) is 4.79 Å². The first-order chi connectivity index (χ1) is 10.2. The zero-order valence-electron chi connectivity index (χ0n) is 12.0. The Labute approximate surface area is 130 Å². The van der Waals surface area contributed by atoms with Crippen LogP contribution in [0.1, 0.15) is 37.2 Å². The van der Waals surface area contributed by atoms with E-state index in [0.29, 0.717) is 11.6 Å². The number of ether oxygens (including phenoxy) is 1. The van der Waals surface area contributed by atoms with E-state index >= 15 is 0 Å². The maximum absolute atomic E-state index is 13.0. The normalized spacial score (nSPS) is 24.9. The van der Waals surface area contributed by atoms with Gasteiger partial charge in [0.1, 0.15) is 5.75 Å². The minimum Gasteiger partial charge on any atom is -0.493 e. The molecular weight excluding hydrogens is 284 g/mol. The molecule has 1 saturated heterocycles. The summed E-state index contributed by atoms with van der Waals surface area (Å²) < 4.78 is 5.64. The molecule has 21 heavy (non-hydrogen) atoms. The van der Waals surface area contributed by atoms with E-state index in [1.165, 1.54) is 0 Å². The van der Waals surface area contributed by atoms with Crippen LogP contribution in [0, 0.1) is 0 Å². The summed E-state index contributed by atoms with van der Waals surface area (Å²) in [4.78, 5) is 15.3. The molecule has 1 fully saturated rings. The fraction of sp³-hybridized carbons (Fsp3) is 0.500. The Morgan fingerprint density at radius 2 is 2.10 bits per heavy atom. The summed E-state index contributed by atoms with van der Waals surface area (Å²) >= 11 is 5.15. The second-order valence-electron chi connectivity index (χ2n) is 5.67. The lowest BCUT2D eigenvalue weighted by atomic mass is 9.90. The third-order valence-electron chi connectivity index (χ3n) is 4.37. The number of amides is 1. The van der Waals surface area contributed by atoms with Crippen molar-refractivity contribution in [1.29, 1.82) is 0 Å². The highest BCUT2D eigenvalue weighted by molar-refractivity contribution is 7.80. The first-order valence-electron chi connectivity index (χ1n) is 7.50. The van der Waals surface area contributed by atoms with E-state index in [1.807, 2.05) is 29.2 Å². The van der Waals surface area contributed by atoms with Crippen LogP contribution in [0.15, 0.2) is 24.3 Å². The molecule has 2 aliphatic rings. The van der Waals surface area contributed by atoms with Crippen LogP contribution in [0.2, 0.25) is 0 Å². The highest BCUT2D eigenvalue weighted by atomic mass is 32.1. The number of carbonyl (C=O) groups is 1. The molecule has 2 unspecified atom stereocenters. The van der Waals surface area contributed by atoms with Crippen molar-refractivity contribution >= 4 is 23.1 Å². The number of piperidine rings is 1. The molecule has 2 N–H and O–H groups in total. The third-order valence-corrected chi connectivity index (χ3v) is 4.64. The van der Waals surface area contributed by atoms with Crippen molar-refractivity contribution < 1.29 is 9.53 Å². The zero-order valence-corrected chi connectivity index (χ0v) is 12.8. The molecule has 0 aromatic heterocycles. The highest BCUT2D eigenvalue weighted by Crippen LogP contribution is 2.35. The van der Waals surface area contributed by atoms with Gasteiger partial charge in [-0.05, 0) is 31.7 Å². The van der Waals surface area contributed by atoms with E-state index in [0.717, 1.165) is 43.5 Å². The predicted molar refractivity (Wildman–Crippen MR) is 85.4 cm³/mol. The number of thiocarbonyl (C=S) groups is 1. The first kappa shape index (κ1) is 14.3. The minimum absolute atomic E-state index is 0.0868. The second kappa shape index (κ2) is 6.02. The quantitative estimate of drug-likeness (QED) is 0.851. The SMILES string of the molecule is NC(=S)C1CCCCN1C(=O)C1CCOc2ccccc21. The number of benzene rings is 1. The van der Waals surface area contributed by atoms with Crippen molar-refractivity contribution in [2.75, 3.05) is 13.2 Å². The van der Waals surface area contributed by atoms with Crippen molar-refractivity contribution in [3.63, 3.8) is 0 Å². The van der Waals surface area contributed by atoms with Crippen molar-refractivity contribution in [3.8, 4) is 5.75 Å². The van der Waals surface area contributed by atoms with Crippen LogP contribution in [-0.4, -0.2) is 35.0 Å². The van der Waals surface area contributed by atoms with Gasteiger partial charge in [-0.15, -0.1) is 0 Å². The molecule has 1 aromatic rings. The number of carbonyl (C=O) groups excluding carboxylic acids is 1. The number of hydrogen-bond donors (Lipinski definition) is 1. The average Bonchev–Trinajstić information content (AvgIpc) is 2.53. The van der Waals surface area contributed by atoms with Crippen LogP contribution in [0.4, 0.5) is 0 Å². The van der Waals surface area contributed by atoms with Gasteiger partial charge in [-0.1, -0.05) is 30.4 Å². The summed E-state index contributed by atoms with van der Waals surface area (Å²) in [5.41, 5.74) is 6.82. The summed E-state index contributed by atoms with van der Waals surface area (Å²) in [6, 6.07) is 7.71. The van der Waals surface area contributed by atoms with Crippen LogP contribution >= 0.6 is 12.2 Å². The topological polar surface area (TPSA) is 55.6 Å². The number of nitrogens with two attached hydrogens (primary N) is 1. The summed E-state index contributed by atoms with van der Waals surface area (Å²) in [6.45, 7) is 1.33. The Bertz CT molecular complexity index is 561. The van der Waals surface area contributed by atoms with Gasteiger partial charge in [-0.25, -0.2) is 0 Å². The summed E-state index contributed by atoms with van der Waals surface area (Å²) in [7, 11) is 0. The van der Waals surface area contributed by atoms with E-state index in [1.54, 1.807) is 0 Å². The summed E-state index contributed by atoms with van der Waals surface area (Å²) in [5.74, 6) is 0.833. The Morgan fingerprint density at radius 3 is 2.90 bits per heavy atom. The number of nitrogens with zero attached hydrogens (tertiary/aromatic N) is 1. The van der Waals surface area contributed by atoms with Crippen LogP contribution in [0.25, 0.3) is 0 Å². The van der Waals surface area contributed by atoms with Gasteiger partial charge in [-0.3, -0.25) is 4.79 Å². The standard InChI is InChI=1S/C16H20N2O2S/c17-15(21)13-6-3-4-9-18(13)16(19)12-8-10-20-14-7-2-1-5-11(12)14/h1-2,5,7,12-13H,3-4,6,8-10H2,(H2,17,21). The van der Waals surface area contributed by atoms with Gasteiger partial charge in [0.25, 0.3) is 0 Å². The highest BCUT2D eigenvalue weighted by Gasteiger charge is 2.35. The molecule has 1 amide bonds. The van der Waals surface area contributed by atoms with Gasteiger partial charge in [0.2, 0.25) is 5.91 Å². The number of rotatable bonds is 2. The molecule has 0 aliphatic carbocycles. The fourth-order valence-electron chi connectivity index (χ4n) is 3.29. The maximum Gasteiger partial charge on any atom is 0.230 e. The monoisotopic (exact) mass is 304 g/mol. The number of hydrogen-bond acceptors (Lipinski definition) is 3. The van der Waals surface area contributed by atoms with Crippen LogP contribution < -0.4 is 10.5 Å². The summed E-state index contributed by atoms with van der Waals surface area (Å²) in [5, 5.41) is 0. The second-order valence-corrected chi connectivity index (χ2v) is 6.14. The van der Waals surface area contributed by atoms with Crippen molar-refractivity contribution in [1.82, 2.24) is 4.90 Å². The maximum atomic E-state index is 13.0. The van der Waals surface area contributed by atoms with Crippen LogP contribution in [0.3, 0.4) is 0 Å². The molecule has 2 aliphatic heterocycles. The van der Waals surface area contributed by atoms with Gasteiger partial charge < -0.3 is 15.4 Å². The van der Waals surface area contributed by atoms with E-state index in [2.05, 4.69) is 0 Å². The van der Waals surface area contributed by atoms with Crippen LogP contribution in [0.5, 0.6) is 5.75 Å². The molecule has 4 nitrogen and oxygen atoms in total. The van der Waals surface area contributed by atoms with Gasteiger partial charge >= 0.3 is 0 Å². The Kier molecular flexibility index (Phi) is 4.10. The number of para-hydroxylation sites is 1. The Hall–Kier alpha value is -1.62. The van der Waals surface area contributed by atoms with Crippen molar-refractivity contribution in [2.45, 2.75) is 37.6 Å². The molecule has 0 bridgehead atoms. The Balaban J connectivity index is 1.86. The van der Waals surface area contributed by atoms with E-state index in [4.69, 9.17) is 22.7 Å². The molecule has 2 atom stereocenters. The summed E-state index contributed by atoms with van der Waals surface area (Å²) in [6.07, 6.45) is 3.70. The van der Waals surface area contributed by atoms with Crippen molar-refractivity contribution in [2.24, 2.45) is 5.73 Å². The smallest absolute Gasteiger partial charge is 0.230 e. The van der Waals surface area contributed by atoms with Gasteiger partial charge in [0, 0.05) is 12.1 Å². The third kappa shape index (κ3) is 2.75. The molecule has 0 saturated carbocycles.